The molecular formula is C15H11N3O5S. The molecule has 0 aliphatic rings. The van der Waals surface area contributed by atoms with Crippen LogP contribution in [0, 0.1) is 17.0 Å². The number of nitro groups is 1. The second-order valence-electron chi connectivity index (χ2n) is 5.16. The lowest BCUT2D eigenvalue weighted by atomic mass is 10.1. The van der Waals surface area contributed by atoms with Crippen molar-refractivity contribution in [2.45, 2.75) is 13.3 Å². The molecule has 0 saturated carbocycles. The summed E-state index contributed by atoms with van der Waals surface area (Å²) in [5.74, 6) is -0.777. The molecule has 0 bridgehead atoms. The lowest BCUT2D eigenvalue weighted by molar-refractivity contribution is -0.384. The average Bonchev–Trinajstić information content (AvgIpc) is 2.85. The number of H-pyrrole nitrogens is 1. The summed E-state index contributed by atoms with van der Waals surface area (Å²) in [6.07, 6.45) is 0.201. The van der Waals surface area contributed by atoms with Crippen molar-refractivity contribution in [2.75, 3.05) is 0 Å². The number of thiophene rings is 1. The van der Waals surface area contributed by atoms with Gasteiger partial charge in [0, 0.05) is 18.6 Å². The zero-order chi connectivity index (χ0) is 17.4. The number of benzene rings is 1. The van der Waals surface area contributed by atoms with Crippen molar-refractivity contribution < 1.29 is 14.8 Å². The van der Waals surface area contributed by atoms with Gasteiger partial charge in [0.05, 0.1) is 10.3 Å². The number of aromatic carboxylic acids is 1. The van der Waals surface area contributed by atoms with E-state index < -0.39 is 16.5 Å². The Balaban J connectivity index is 2.05. The predicted octanol–water partition coefficient (Wildman–Crippen LogP) is 2.49. The van der Waals surface area contributed by atoms with Gasteiger partial charge in [0.25, 0.3) is 11.2 Å². The first-order chi connectivity index (χ1) is 11.4. The van der Waals surface area contributed by atoms with Crippen LogP contribution in [0.1, 0.15) is 26.6 Å². The fraction of sp³-hybridized carbons (Fsp3) is 0.133. The van der Waals surface area contributed by atoms with E-state index in [2.05, 4.69) is 9.97 Å². The Labute approximate surface area is 138 Å². The Morgan fingerprint density at radius 2 is 2.21 bits per heavy atom. The summed E-state index contributed by atoms with van der Waals surface area (Å²) in [6, 6.07) is 6.04. The second-order valence-corrected chi connectivity index (χ2v) is 6.16. The fourth-order valence-corrected chi connectivity index (χ4v) is 3.49. The van der Waals surface area contributed by atoms with E-state index >= 15 is 0 Å². The Kier molecular flexibility index (Phi) is 3.86. The summed E-state index contributed by atoms with van der Waals surface area (Å²) in [7, 11) is 0. The van der Waals surface area contributed by atoms with Crippen molar-refractivity contribution in [1.82, 2.24) is 9.97 Å². The number of hydrogen-bond acceptors (Lipinski definition) is 6. The molecule has 0 radical (unpaired) electrons. The number of rotatable bonds is 4. The Morgan fingerprint density at radius 3 is 2.88 bits per heavy atom. The molecule has 0 aliphatic heterocycles. The Morgan fingerprint density at radius 1 is 1.46 bits per heavy atom. The molecule has 2 heterocycles. The zero-order valence-electron chi connectivity index (χ0n) is 12.4. The van der Waals surface area contributed by atoms with E-state index in [0.29, 0.717) is 21.8 Å². The van der Waals surface area contributed by atoms with Gasteiger partial charge in [0.1, 0.15) is 15.5 Å². The third-order valence-corrected chi connectivity index (χ3v) is 4.71. The SMILES string of the molecule is Cc1c(C(=O)O)sc2nc(Cc3cccc([N+](=O)[O-])c3)[nH]c(=O)c12. The minimum atomic E-state index is -1.10. The van der Waals surface area contributed by atoms with Crippen LogP contribution in [0.2, 0.25) is 0 Å². The molecule has 0 fully saturated rings. The first-order valence-corrected chi connectivity index (χ1v) is 7.67. The van der Waals surface area contributed by atoms with Crippen molar-refractivity contribution in [2.24, 2.45) is 0 Å². The van der Waals surface area contributed by atoms with Gasteiger partial charge in [-0.25, -0.2) is 9.78 Å². The molecule has 3 aromatic rings. The van der Waals surface area contributed by atoms with Crippen molar-refractivity contribution >= 4 is 33.2 Å². The normalized spacial score (nSPS) is 10.9. The quantitative estimate of drug-likeness (QED) is 0.552. The van der Waals surface area contributed by atoms with E-state index in [-0.39, 0.29) is 22.4 Å². The summed E-state index contributed by atoms with van der Waals surface area (Å²) in [5, 5.41) is 20.2. The maximum absolute atomic E-state index is 12.2. The van der Waals surface area contributed by atoms with Crippen LogP contribution in [0.5, 0.6) is 0 Å². The van der Waals surface area contributed by atoms with Crippen LogP contribution < -0.4 is 5.56 Å². The second kappa shape index (κ2) is 5.85. The smallest absolute Gasteiger partial charge is 0.346 e. The molecule has 2 N–H and O–H groups in total. The molecule has 0 atom stereocenters. The Hall–Kier alpha value is -3.07. The summed E-state index contributed by atoms with van der Waals surface area (Å²) < 4.78 is 0. The molecule has 0 spiro atoms. The molecule has 0 unspecified atom stereocenters. The average molecular weight is 345 g/mol. The van der Waals surface area contributed by atoms with Gasteiger partial charge >= 0.3 is 5.97 Å². The van der Waals surface area contributed by atoms with Gasteiger partial charge in [0.15, 0.2) is 0 Å². The van der Waals surface area contributed by atoms with Crippen molar-refractivity contribution in [1.29, 1.82) is 0 Å². The van der Waals surface area contributed by atoms with Gasteiger partial charge in [0.2, 0.25) is 0 Å². The minimum absolute atomic E-state index is 0.0453. The molecule has 3 rings (SSSR count). The third-order valence-electron chi connectivity index (χ3n) is 3.54. The van der Waals surface area contributed by atoms with Crippen molar-refractivity contribution in [3.05, 3.63) is 66.6 Å². The molecule has 0 saturated heterocycles. The lowest BCUT2D eigenvalue weighted by Crippen LogP contribution is -2.12. The Bertz CT molecular complexity index is 1040. The maximum atomic E-state index is 12.2. The number of nitrogens with zero attached hydrogens (tertiary/aromatic N) is 2. The van der Waals surface area contributed by atoms with Crippen molar-refractivity contribution in [3.8, 4) is 0 Å². The zero-order valence-corrected chi connectivity index (χ0v) is 13.2. The summed E-state index contributed by atoms with van der Waals surface area (Å²) >= 11 is 0.940. The van der Waals surface area contributed by atoms with Crippen LogP contribution in [0.15, 0.2) is 29.1 Å². The fourth-order valence-electron chi connectivity index (χ4n) is 2.45. The highest BCUT2D eigenvalue weighted by atomic mass is 32.1. The number of aromatic amines is 1. The van der Waals surface area contributed by atoms with Gasteiger partial charge < -0.3 is 10.1 Å². The molecule has 0 aliphatic carbocycles. The first kappa shape index (κ1) is 15.8. The van der Waals surface area contributed by atoms with Gasteiger partial charge in [-0.15, -0.1) is 11.3 Å². The van der Waals surface area contributed by atoms with Gasteiger partial charge in [-0.2, -0.15) is 0 Å². The van der Waals surface area contributed by atoms with Gasteiger partial charge in [-0.3, -0.25) is 14.9 Å². The van der Waals surface area contributed by atoms with Gasteiger partial charge in [-0.1, -0.05) is 12.1 Å². The minimum Gasteiger partial charge on any atom is -0.477 e. The van der Waals surface area contributed by atoms with Gasteiger partial charge in [-0.05, 0) is 18.1 Å². The van der Waals surface area contributed by atoms with Crippen LogP contribution in [0.3, 0.4) is 0 Å². The molecule has 24 heavy (non-hydrogen) atoms. The predicted molar refractivity (Wildman–Crippen MR) is 87.8 cm³/mol. The molecule has 2 aromatic heterocycles. The van der Waals surface area contributed by atoms with Crippen LogP contribution >= 0.6 is 11.3 Å². The third kappa shape index (κ3) is 2.76. The monoisotopic (exact) mass is 345 g/mol. The molecule has 0 amide bonds. The van der Waals surface area contributed by atoms with E-state index in [1.54, 1.807) is 19.1 Å². The van der Waals surface area contributed by atoms with E-state index in [1.807, 2.05) is 0 Å². The maximum Gasteiger partial charge on any atom is 0.346 e. The van der Waals surface area contributed by atoms with Crippen LogP contribution in [0.25, 0.3) is 10.2 Å². The molecule has 9 heteroatoms. The number of carbonyl (C=O) groups is 1. The number of nitrogens with one attached hydrogen (secondary N) is 1. The number of nitro benzene ring substituents is 1. The van der Waals surface area contributed by atoms with Crippen LogP contribution in [0.4, 0.5) is 5.69 Å². The lowest BCUT2D eigenvalue weighted by Gasteiger charge is -2.02. The van der Waals surface area contributed by atoms with Crippen LogP contribution in [-0.2, 0) is 6.42 Å². The number of fused-ring (bicyclic) bond motifs is 1. The van der Waals surface area contributed by atoms with E-state index in [0.717, 1.165) is 11.3 Å². The number of aryl methyl sites for hydroxylation is 1. The highest BCUT2D eigenvalue weighted by Crippen LogP contribution is 2.27. The highest BCUT2D eigenvalue weighted by Gasteiger charge is 2.18. The molecule has 1 aromatic carbocycles. The number of non-ortho nitro benzene ring substituents is 1. The molecular weight excluding hydrogens is 334 g/mol. The van der Waals surface area contributed by atoms with Crippen molar-refractivity contribution in [3.63, 3.8) is 0 Å². The summed E-state index contributed by atoms with van der Waals surface area (Å²) in [5.41, 5.74) is 0.550. The van der Waals surface area contributed by atoms with E-state index in [4.69, 9.17) is 5.11 Å². The number of carboxylic acids is 1. The number of hydrogen-bond donors (Lipinski definition) is 2. The van der Waals surface area contributed by atoms with Crippen LogP contribution in [-0.4, -0.2) is 26.0 Å². The topological polar surface area (TPSA) is 126 Å². The summed E-state index contributed by atoms with van der Waals surface area (Å²) in [4.78, 5) is 41.1. The standard InChI is InChI=1S/C15H11N3O5S/c1-7-11-13(19)16-10(17-14(11)24-12(7)15(20)21)6-8-3-2-4-9(5-8)18(22)23/h2-5H,6H2,1H3,(H,20,21)(H,16,17,19). The van der Waals surface area contributed by atoms with E-state index in [1.165, 1.54) is 12.1 Å². The number of aromatic nitrogens is 2. The highest BCUT2D eigenvalue weighted by molar-refractivity contribution is 7.20. The molecule has 8 nitrogen and oxygen atoms in total. The number of carboxylic acid groups (broad SMARTS) is 1. The first-order valence-electron chi connectivity index (χ1n) is 6.85. The van der Waals surface area contributed by atoms with E-state index in [9.17, 15) is 19.7 Å². The largest absolute Gasteiger partial charge is 0.477 e. The summed E-state index contributed by atoms with van der Waals surface area (Å²) in [6.45, 7) is 1.57. The molecule has 122 valence electrons.